The molecular formula is C14H23N3O2S. The highest BCUT2D eigenvalue weighted by Gasteiger charge is 2.34. The lowest BCUT2D eigenvalue weighted by Gasteiger charge is -2.24. The van der Waals surface area contributed by atoms with Crippen molar-refractivity contribution in [2.45, 2.75) is 18.8 Å². The summed E-state index contributed by atoms with van der Waals surface area (Å²) in [6, 6.07) is 10.1. The van der Waals surface area contributed by atoms with Crippen LogP contribution in [-0.4, -0.2) is 50.3 Å². The number of nitrogens with zero attached hydrogens (tertiary/aromatic N) is 2. The van der Waals surface area contributed by atoms with Crippen molar-refractivity contribution in [2.24, 2.45) is 5.73 Å². The van der Waals surface area contributed by atoms with E-state index in [1.165, 1.54) is 9.87 Å². The van der Waals surface area contributed by atoms with Gasteiger partial charge in [0, 0.05) is 26.7 Å². The number of nitrogens with two attached hydrogens (primary N) is 1. The minimum absolute atomic E-state index is 0.300. The van der Waals surface area contributed by atoms with Gasteiger partial charge in [0.05, 0.1) is 0 Å². The first-order chi connectivity index (χ1) is 9.55. The summed E-state index contributed by atoms with van der Waals surface area (Å²) in [5, 5.41) is 0. The van der Waals surface area contributed by atoms with Gasteiger partial charge < -0.3 is 5.73 Å². The first kappa shape index (κ1) is 15.4. The van der Waals surface area contributed by atoms with Crippen molar-refractivity contribution in [1.82, 2.24) is 8.61 Å². The molecule has 1 saturated heterocycles. The number of hydrogen-bond acceptors (Lipinski definition) is 3. The molecule has 1 aliphatic heterocycles. The Bertz CT molecular complexity index is 518. The highest BCUT2D eigenvalue weighted by atomic mass is 32.2. The Hall–Kier alpha value is -0.950. The molecule has 1 aliphatic rings. The van der Waals surface area contributed by atoms with Crippen LogP contribution in [0.25, 0.3) is 0 Å². The van der Waals surface area contributed by atoms with Crippen LogP contribution in [0.2, 0.25) is 0 Å². The molecule has 0 saturated carbocycles. The summed E-state index contributed by atoms with van der Waals surface area (Å²) in [4.78, 5) is 0. The van der Waals surface area contributed by atoms with E-state index < -0.39 is 10.2 Å². The zero-order valence-corrected chi connectivity index (χ0v) is 12.7. The zero-order chi connectivity index (χ0) is 14.6. The van der Waals surface area contributed by atoms with Gasteiger partial charge in [-0.1, -0.05) is 30.3 Å². The van der Waals surface area contributed by atoms with Crippen molar-refractivity contribution in [1.29, 1.82) is 0 Å². The molecule has 0 spiro atoms. The fraction of sp³-hybridized carbons (Fsp3) is 0.571. The van der Waals surface area contributed by atoms with Gasteiger partial charge >= 0.3 is 0 Å². The quantitative estimate of drug-likeness (QED) is 0.852. The van der Waals surface area contributed by atoms with Gasteiger partial charge in [-0.25, -0.2) is 0 Å². The van der Waals surface area contributed by atoms with Crippen LogP contribution in [0, 0.1) is 0 Å². The van der Waals surface area contributed by atoms with E-state index in [0.29, 0.717) is 38.5 Å². The fourth-order valence-corrected chi connectivity index (χ4v) is 4.02. The van der Waals surface area contributed by atoms with E-state index in [0.717, 1.165) is 6.42 Å². The molecule has 112 valence electrons. The van der Waals surface area contributed by atoms with E-state index >= 15 is 0 Å². The van der Waals surface area contributed by atoms with E-state index in [1.807, 2.05) is 18.2 Å². The molecule has 0 aliphatic carbocycles. The van der Waals surface area contributed by atoms with Gasteiger partial charge in [-0.05, 0) is 30.9 Å². The normalized spacial score (nSPS) is 20.6. The SMILES string of the molecule is CN(CCCN)S(=O)(=O)N1CCC(c2ccccc2)C1. The first-order valence-corrected chi connectivity index (χ1v) is 8.42. The molecule has 1 fully saturated rings. The molecule has 1 aromatic rings. The van der Waals surface area contributed by atoms with Gasteiger partial charge in [-0.3, -0.25) is 0 Å². The van der Waals surface area contributed by atoms with Crippen LogP contribution in [0.3, 0.4) is 0 Å². The Balaban J connectivity index is 2.01. The van der Waals surface area contributed by atoms with E-state index in [9.17, 15) is 8.42 Å². The molecule has 0 radical (unpaired) electrons. The number of benzene rings is 1. The van der Waals surface area contributed by atoms with Gasteiger partial charge in [0.25, 0.3) is 10.2 Å². The third kappa shape index (κ3) is 3.38. The van der Waals surface area contributed by atoms with Crippen LogP contribution in [-0.2, 0) is 10.2 Å². The maximum Gasteiger partial charge on any atom is 0.281 e. The van der Waals surface area contributed by atoms with E-state index in [4.69, 9.17) is 5.73 Å². The standard InChI is InChI=1S/C14H23N3O2S/c1-16(10-5-9-15)20(18,19)17-11-8-14(12-17)13-6-3-2-4-7-13/h2-4,6-7,14H,5,8-12,15H2,1H3. The summed E-state index contributed by atoms with van der Waals surface area (Å²) in [6.45, 7) is 2.14. The molecule has 5 nitrogen and oxygen atoms in total. The van der Waals surface area contributed by atoms with Crippen LogP contribution in [0.4, 0.5) is 0 Å². The molecule has 1 heterocycles. The molecular weight excluding hydrogens is 274 g/mol. The van der Waals surface area contributed by atoms with E-state index in [1.54, 1.807) is 11.4 Å². The summed E-state index contributed by atoms with van der Waals surface area (Å²) >= 11 is 0. The van der Waals surface area contributed by atoms with Crippen molar-refractivity contribution >= 4 is 10.2 Å². The molecule has 2 rings (SSSR count). The van der Waals surface area contributed by atoms with Crippen LogP contribution < -0.4 is 5.73 Å². The van der Waals surface area contributed by atoms with Crippen molar-refractivity contribution in [3.05, 3.63) is 35.9 Å². The molecule has 1 unspecified atom stereocenters. The molecule has 6 heteroatoms. The fourth-order valence-electron chi connectivity index (χ4n) is 2.56. The Labute approximate surface area is 121 Å². The van der Waals surface area contributed by atoms with Crippen LogP contribution in [0.15, 0.2) is 30.3 Å². The largest absolute Gasteiger partial charge is 0.330 e. The van der Waals surface area contributed by atoms with Crippen LogP contribution in [0.5, 0.6) is 0 Å². The Morgan fingerprint density at radius 2 is 2.05 bits per heavy atom. The van der Waals surface area contributed by atoms with Crippen molar-refractivity contribution < 1.29 is 8.42 Å². The van der Waals surface area contributed by atoms with Crippen molar-refractivity contribution in [3.63, 3.8) is 0 Å². The topological polar surface area (TPSA) is 66.6 Å². The Morgan fingerprint density at radius 1 is 1.35 bits per heavy atom. The maximum absolute atomic E-state index is 12.4. The van der Waals surface area contributed by atoms with Gasteiger partial charge in [-0.15, -0.1) is 0 Å². The lowest BCUT2D eigenvalue weighted by Crippen LogP contribution is -2.41. The second-order valence-electron chi connectivity index (χ2n) is 5.23. The third-order valence-electron chi connectivity index (χ3n) is 3.82. The Kier molecular flexibility index (Phi) is 5.15. The third-order valence-corrected chi connectivity index (χ3v) is 5.77. The highest BCUT2D eigenvalue weighted by Crippen LogP contribution is 2.29. The smallest absolute Gasteiger partial charge is 0.281 e. The monoisotopic (exact) mass is 297 g/mol. The average molecular weight is 297 g/mol. The van der Waals surface area contributed by atoms with Gasteiger partial charge in [0.15, 0.2) is 0 Å². The zero-order valence-electron chi connectivity index (χ0n) is 11.9. The molecule has 0 bridgehead atoms. The first-order valence-electron chi connectivity index (χ1n) is 7.02. The maximum atomic E-state index is 12.4. The highest BCUT2D eigenvalue weighted by molar-refractivity contribution is 7.86. The molecule has 2 N–H and O–H groups in total. The van der Waals surface area contributed by atoms with Crippen molar-refractivity contribution in [3.8, 4) is 0 Å². The second-order valence-corrected chi connectivity index (χ2v) is 7.26. The molecule has 20 heavy (non-hydrogen) atoms. The Morgan fingerprint density at radius 3 is 2.70 bits per heavy atom. The number of rotatable bonds is 6. The van der Waals surface area contributed by atoms with Gasteiger partial charge in [-0.2, -0.15) is 17.0 Å². The average Bonchev–Trinajstić information content (AvgIpc) is 2.96. The van der Waals surface area contributed by atoms with Crippen LogP contribution >= 0.6 is 0 Å². The van der Waals surface area contributed by atoms with Crippen LogP contribution in [0.1, 0.15) is 24.3 Å². The minimum atomic E-state index is -3.34. The predicted octanol–water partition coefficient (Wildman–Crippen LogP) is 1.00. The van der Waals surface area contributed by atoms with Crippen molar-refractivity contribution in [2.75, 3.05) is 33.2 Å². The van der Waals surface area contributed by atoms with Gasteiger partial charge in [0.1, 0.15) is 0 Å². The summed E-state index contributed by atoms with van der Waals surface area (Å²) < 4.78 is 27.8. The van der Waals surface area contributed by atoms with E-state index in [-0.39, 0.29) is 0 Å². The lowest BCUT2D eigenvalue weighted by atomic mass is 9.99. The summed E-state index contributed by atoms with van der Waals surface area (Å²) in [7, 11) is -1.71. The molecule has 0 aromatic heterocycles. The summed E-state index contributed by atoms with van der Waals surface area (Å²) in [6.07, 6.45) is 1.57. The lowest BCUT2D eigenvalue weighted by molar-refractivity contribution is 0.390. The van der Waals surface area contributed by atoms with Gasteiger partial charge in [0.2, 0.25) is 0 Å². The molecule has 0 amide bonds. The molecule has 1 aromatic carbocycles. The predicted molar refractivity (Wildman–Crippen MR) is 80.6 cm³/mol. The summed E-state index contributed by atoms with van der Waals surface area (Å²) in [5.41, 5.74) is 6.65. The summed E-state index contributed by atoms with van der Waals surface area (Å²) in [5.74, 6) is 0.300. The minimum Gasteiger partial charge on any atom is -0.330 e. The number of hydrogen-bond donors (Lipinski definition) is 1. The molecule has 1 atom stereocenters. The van der Waals surface area contributed by atoms with E-state index in [2.05, 4.69) is 12.1 Å². The second kappa shape index (κ2) is 6.67.